The number of hydrogen-bond donors (Lipinski definition) is 0. The smallest absolute Gasteiger partial charge is 0.132 e. The van der Waals surface area contributed by atoms with Crippen molar-refractivity contribution in [2.24, 2.45) is 0 Å². The summed E-state index contributed by atoms with van der Waals surface area (Å²) in [6, 6.07) is 7.66. The molecule has 0 bridgehead atoms. The SMILES string of the molecule is COc1cccc(OC)c1-c1cn([C@H](C)Cn2cccn2)nn1. The summed E-state index contributed by atoms with van der Waals surface area (Å²) in [7, 11) is 3.26. The lowest BCUT2D eigenvalue weighted by Crippen LogP contribution is -2.14. The number of nitrogens with zero attached hydrogens (tertiary/aromatic N) is 5. The van der Waals surface area contributed by atoms with E-state index in [1.807, 2.05) is 46.0 Å². The van der Waals surface area contributed by atoms with E-state index in [1.165, 1.54) is 0 Å². The van der Waals surface area contributed by atoms with Crippen LogP contribution in [0.15, 0.2) is 42.9 Å². The van der Waals surface area contributed by atoms with Gasteiger partial charge in [-0.3, -0.25) is 4.68 Å². The van der Waals surface area contributed by atoms with Crippen LogP contribution in [0.1, 0.15) is 13.0 Å². The molecule has 0 unspecified atom stereocenters. The minimum Gasteiger partial charge on any atom is -0.496 e. The van der Waals surface area contributed by atoms with Crippen LogP contribution in [0.3, 0.4) is 0 Å². The third-order valence-corrected chi connectivity index (χ3v) is 3.66. The molecule has 0 saturated heterocycles. The Morgan fingerprint density at radius 2 is 1.87 bits per heavy atom. The van der Waals surface area contributed by atoms with Gasteiger partial charge in [0.05, 0.1) is 38.6 Å². The van der Waals surface area contributed by atoms with E-state index >= 15 is 0 Å². The fourth-order valence-electron chi connectivity index (χ4n) is 2.47. The Hall–Kier alpha value is -2.83. The average Bonchev–Trinajstić information content (AvgIpc) is 3.25. The topological polar surface area (TPSA) is 67.0 Å². The van der Waals surface area contributed by atoms with Gasteiger partial charge in [0.15, 0.2) is 0 Å². The Labute approximate surface area is 134 Å². The van der Waals surface area contributed by atoms with Crippen molar-refractivity contribution in [1.29, 1.82) is 0 Å². The first kappa shape index (κ1) is 15.1. The number of rotatable bonds is 6. The summed E-state index contributed by atoms with van der Waals surface area (Å²) in [5.41, 5.74) is 1.52. The van der Waals surface area contributed by atoms with Crippen molar-refractivity contribution >= 4 is 0 Å². The van der Waals surface area contributed by atoms with Crippen LogP contribution in [0.25, 0.3) is 11.3 Å². The van der Waals surface area contributed by atoms with Crippen LogP contribution in [0.5, 0.6) is 11.5 Å². The molecule has 0 amide bonds. The lowest BCUT2D eigenvalue weighted by atomic mass is 10.1. The first-order valence-corrected chi connectivity index (χ1v) is 7.33. The van der Waals surface area contributed by atoms with E-state index in [9.17, 15) is 0 Å². The predicted octanol–water partition coefficient (Wildman–Crippen LogP) is 2.42. The lowest BCUT2D eigenvalue weighted by Gasteiger charge is -2.12. The van der Waals surface area contributed by atoms with Gasteiger partial charge >= 0.3 is 0 Å². The minimum absolute atomic E-state index is 0.122. The Bertz CT molecular complexity index is 744. The highest BCUT2D eigenvalue weighted by atomic mass is 16.5. The maximum Gasteiger partial charge on any atom is 0.132 e. The van der Waals surface area contributed by atoms with Crippen LogP contribution in [0, 0.1) is 0 Å². The molecule has 0 N–H and O–H groups in total. The fourth-order valence-corrected chi connectivity index (χ4v) is 2.47. The van der Waals surface area contributed by atoms with Crippen molar-refractivity contribution in [3.63, 3.8) is 0 Å². The summed E-state index contributed by atoms with van der Waals surface area (Å²) in [6.45, 7) is 2.79. The Morgan fingerprint density at radius 1 is 1.13 bits per heavy atom. The van der Waals surface area contributed by atoms with Crippen molar-refractivity contribution < 1.29 is 9.47 Å². The van der Waals surface area contributed by atoms with E-state index in [0.29, 0.717) is 17.2 Å². The summed E-state index contributed by atoms with van der Waals surface area (Å²) in [4.78, 5) is 0. The standard InChI is InChI=1S/C16H19N5O2/c1-12(10-20-9-5-8-17-20)21-11-13(18-19-21)16-14(22-2)6-4-7-15(16)23-3/h4-9,11-12H,10H2,1-3H3/t12-/m1/s1. The molecule has 3 rings (SSSR count). The van der Waals surface area contributed by atoms with Crippen LogP contribution in [0.4, 0.5) is 0 Å². The Balaban J connectivity index is 1.90. The van der Waals surface area contributed by atoms with Gasteiger partial charge in [0, 0.05) is 12.4 Å². The molecule has 23 heavy (non-hydrogen) atoms. The summed E-state index contributed by atoms with van der Waals surface area (Å²) in [6.07, 6.45) is 5.59. The second kappa shape index (κ2) is 6.51. The Kier molecular flexibility index (Phi) is 4.27. The van der Waals surface area contributed by atoms with E-state index in [0.717, 1.165) is 12.1 Å². The molecule has 7 nitrogen and oxygen atoms in total. The van der Waals surface area contributed by atoms with Gasteiger partial charge in [-0.25, -0.2) is 4.68 Å². The molecule has 7 heteroatoms. The van der Waals surface area contributed by atoms with Gasteiger partial charge in [0.25, 0.3) is 0 Å². The number of ether oxygens (including phenoxy) is 2. The summed E-state index contributed by atoms with van der Waals surface area (Å²) in [5.74, 6) is 1.41. The molecule has 0 saturated carbocycles. The normalized spacial score (nSPS) is 12.1. The van der Waals surface area contributed by atoms with Gasteiger partial charge in [-0.15, -0.1) is 5.10 Å². The minimum atomic E-state index is 0.122. The molecule has 120 valence electrons. The van der Waals surface area contributed by atoms with Crippen LogP contribution < -0.4 is 9.47 Å². The van der Waals surface area contributed by atoms with Crippen molar-refractivity contribution in [1.82, 2.24) is 24.8 Å². The molecule has 0 aliphatic rings. The van der Waals surface area contributed by atoms with E-state index in [1.54, 1.807) is 20.4 Å². The first-order chi connectivity index (χ1) is 11.2. The molecular formula is C16H19N5O2. The molecule has 0 aliphatic heterocycles. The van der Waals surface area contributed by atoms with E-state index in [4.69, 9.17) is 9.47 Å². The average molecular weight is 313 g/mol. The summed E-state index contributed by atoms with van der Waals surface area (Å²) < 4.78 is 14.5. The first-order valence-electron chi connectivity index (χ1n) is 7.33. The molecule has 1 atom stereocenters. The van der Waals surface area contributed by atoms with Crippen LogP contribution in [-0.2, 0) is 6.54 Å². The molecule has 0 spiro atoms. The van der Waals surface area contributed by atoms with Gasteiger partial charge < -0.3 is 9.47 Å². The summed E-state index contributed by atoms with van der Waals surface area (Å²) in [5, 5.41) is 12.7. The van der Waals surface area contributed by atoms with Crippen LogP contribution >= 0.6 is 0 Å². The summed E-state index contributed by atoms with van der Waals surface area (Å²) >= 11 is 0. The zero-order chi connectivity index (χ0) is 16.2. The molecular weight excluding hydrogens is 294 g/mol. The van der Waals surface area contributed by atoms with Crippen molar-refractivity contribution in [2.45, 2.75) is 19.5 Å². The van der Waals surface area contributed by atoms with Gasteiger partial charge in [0.1, 0.15) is 17.2 Å². The molecule has 3 aromatic rings. The molecule has 2 aromatic heterocycles. The van der Waals surface area contributed by atoms with E-state index in [-0.39, 0.29) is 6.04 Å². The van der Waals surface area contributed by atoms with Gasteiger partial charge in [-0.2, -0.15) is 5.10 Å². The second-order valence-electron chi connectivity index (χ2n) is 5.20. The van der Waals surface area contributed by atoms with Crippen LogP contribution in [0.2, 0.25) is 0 Å². The fraction of sp³-hybridized carbons (Fsp3) is 0.312. The number of methoxy groups -OCH3 is 2. The predicted molar refractivity (Wildman–Crippen MR) is 85.5 cm³/mol. The van der Waals surface area contributed by atoms with Crippen molar-refractivity contribution in [3.8, 4) is 22.8 Å². The van der Waals surface area contributed by atoms with E-state index < -0.39 is 0 Å². The maximum atomic E-state index is 5.43. The zero-order valence-electron chi connectivity index (χ0n) is 13.4. The second-order valence-corrected chi connectivity index (χ2v) is 5.20. The molecule has 0 fully saturated rings. The quantitative estimate of drug-likeness (QED) is 0.699. The molecule has 0 aliphatic carbocycles. The Morgan fingerprint density at radius 3 is 2.48 bits per heavy atom. The monoisotopic (exact) mass is 313 g/mol. The third kappa shape index (κ3) is 3.03. The maximum absolute atomic E-state index is 5.43. The largest absolute Gasteiger partial charge is 0.496 e. The number of hydrogen-bond acceptors (Lipinski definition) is 5. The van der Waals surface area contributed by atoms with Crippen molar-refractivity contribution in [2.75, 3.05) is 14.2 Å². The highest BCUT2D eigenvalue weighted by Gasteiger charge is 2.17. The zero-order valence-corrected chi connectivity index (χ0v) is 13.4. The highest BCUT2D eigenvalue weighted by molar-refractivity contribution is 5.73. The molecule has 0 radical (unpaired) electrons. The molecule has 2 heterocycles. The van der Waals surface area contributed by atoms with Gasteiger partial charge in [0.2, 0.25) is 0 Å². The van der Waals surface area contributed by atoms with Gasteiger partial charge in [-0.05, 0) is 25.1 Å². The van der Waals surface area contributed by atoms with Crippen LogP contribution in [-0.4, -0.2) is 39.0 Å². The van der Waals surface area contributed by atoms with Gasteiger partial charge in [-0.1, -0.05) is 11.3 Å². The number of aromatic nitrogens is 5. The van der Waals surface area contributed by atoms with Crippen molar-refractivity contribution in [3.05, 3.63) is 42.9 Å². The lowest BCUT2D eigenvalue weighted by molar-refractivity contribution is 0.397. The number of benzene rings is 1. The van der Waals surface area contributed by atoms with E-state index in [2.05, 4.69) is 22.3 Å². The highest BCUT2D eigenvalue weighted by Crippen LogP contribution is 2.37. The molecule has 1 aromatic carbocycles. The third-order valence-electron chi connectivity index (χ3n) is 3.66.